The molecule has 0 aliphatic carbocycles. The van der Waals surface area contributed by atoms with Crippen LogP contribution in [-0.2, 0) is 10.0 Å². The van der Waals surface area contributed by atoms with Gasteiger partial charge in [0, 0.05) is 6.54 Å². The summed E-state index contributed by atoms with van der Waals surface area (Å²) >= 11 is 0. The second-order valence-corrected chi connectivity index (χ2v) is 7.81. The van der Waals surface area contributed by atoms with Crippen molar-refractivity contribution < 1.29 is 8.42 Å². The van der Waals surface area contributed by atoms with E-state index in [-0.39, 0.29) is 0 Å². The SMILES string of the molecule is CCCCCCCCC(C#N)(CCCC)S(=O)(=O)NCC. The van der Waals surface area contributed by atoms with Gasteiger partial charge in [-0.05, 0) is 12.8 Å². The fourth-order valence-corrected chi connectivity index (χ4v) is 4.15. The predicted molar refractivity (Wildman–Crippen MR) is 88.5 cm³/mol. The number of hydrogen-bond acceptors (Lipinski definition) is 3. The van der Waals surface area contributed by atoms with Gasteiger partial charge in [0.15, 0.2) is 4.75 Å². The minimum atomic E-state index is -3.56. The summed E-state index contributed by atoms with van der Waals surface area (Å²) in [7, 11) is -3.56. The Kier molecular flexibility index (Phi) is 10.7. The van der Waals surface area contributed by atoms with Crippen molar-refractivity contribution in [3.8, 4) is 6.07 Å². The summed E-state index contributed by atoms with van der Waals surface area (Å²) in [5.74, 6) is 0. The van der Waals surface area contributed by atoms with Crippen molar-refractivity contribution in [3.05, 3.63) is 0 Å². The molecule has 0 aromatic carbocycles. The van der Waals surface area contributed by atoms with Crippen molar-refractivity contribution in [1.82, 2.24) is 4.72 Å². The molecular weight excluding hydrogens is 284 g/mol. The molecule has 21 heavy (non-hydrogen) atoms. The average molecular weight is 317 g/mol. The summed E-state index contributed by atoms with van der Waals surface area (Å²) in [5, 5.41) is 9.54. The van der Waals surface area contributed by atoms with E-state index in [0.29, 0.717) is 19.4 Å². The molecule has 0 saturated heterocycles. The minimum absolute atomic E-state index is 0.342. The van der Waals surface area contributed by atoms with Crippen LogP contribution in [0.5, 0.6) is 0 Å². The van der Waals surface area contributed by atoms with Crippen LogP contribution in [0.4, 0.5) is 0 Å². The molecule has 0 aliphatic rings. The highest BCUT2D eigenvalue weighted by atomic mass is 32.2. The highest BCUT2D eigenvalue weighted by molar-refractivity contribution is 7.91. The van der Waals surface area contributed by atoms with Gasteiger partial charge in [-0.15, -0.1) is 0 Å². The highest BCUT2D eigenvalue weighted by Crippen LogP contribution is 2.29. The highest BCUT2D eigenvalue weighted by Gasteiger charge is 2.42. The van der Waals surface area contributed by atoms with Crippen LogP contribution in [0.2, 0.25) is 0 Å². The fraction of sp³-hybridized carbons (Fsp3) is 0.938. The first-order valence-corrected chi connectivity index (χ1v) is 9.88. The summed E-state index contributed by atoms with van der Waals surface area (Å²) in [6.07, 6.45) is 9.14. The second kappa shape index (κ2) is 11.0. The van der Waals surface area contributed by atoms with Crippen molar-refractivity contribution in [2.45, 2.75) is 89.7 Å². The number of nitrogens with zero attached hydrogens (tertiary/aromatic N) is 1. The fourth-order valence-electron chi connectivity index (χ4n) is 2.55. The summed E-state index contributed by atoms with van der Waals surface area (Å²) in [4.78, 5) is 0. The number of nitriles is 1. The molecule has 0 rings (SSSR count). The number of sulfonamides is 1. The maximum Gasteiger partial charge on any atom is 0.230 e. The van der Waals surface area contributed by atoms with Gasteiger partial charge in [0.05, 0.1) is 6.07 Å². The Morgan fingerprint density at radius 2 is 1.43 bits per heavy atom. The van der Waals surface area contributed by atoms with E-state index < -0.39 is 14.8 Å². The largest absolute Gasteiger partial charge is 0.230 e. The molecule has 0 spiro atoms. The van der Waals surface area contributed by atoms with Gasteiger partial charge in [-0.1, -0.05) is 72.1 Å². The maximum atomic E-state index is 12.4. The molecule has 124 valence electrons. The van der Waals surface area contributed by atoms with E-state index >= 15 is 0 Å². The van der Waals surface area contributed by atoms with Gasteiger partial charge in [0.2, 0.25) is 10.0 Å². The van der Waals surface area contributed by atoms with Crippen LogP contribution in [-0.4, -0.2) is 19.7 Å². The maximum absolute atomic E-state index is 12.4. The van der Waals surface area contributed by atoms with Gasteiger partial charge in [-0.2, -0.15) is 5.26 Å². The van der Waals surface area contributed by atoms with E-state index in [1.54, 1.807) is 6.92 Å². The molecule has 1 N–H and O–H groups in total. The van der Waals surface area contributed by atoms with Crippen molar-refractivity contribution in [2.75, 3.05) is 6.54 Å². The van der Waals surface area contributed by atoms with Crippen LogP contribution in [0.1, 0.15) is 85.0 Å². The lowest BCUT2D eigenvalue weighted by atomic mass is 9.95. The third kappa shape index (κ3) is 6.80. The summed E-state index contributed by atoms with van der Waals surface area (Å²) in [6, 6.07) is 2.13. The standard InChI is InChI=1S/C16H32N2O2S/c1-4-7-9-10-11-12-14-16(15-17,13-8-5-2)21(19,20)18-6-3/h18H,4-14H2,1-3H3. The minimum Gasteiger partial charge on any atom is -0.214 e. The van der Waals surface area contributed by atoms with Gasteiger partial charge in [-0.3, -0.25) is 0 Å². The van der Waals surface area contributed by atoms with Gasteiger partial charge in [0.1, 0.15) is 0 Å². The molecule has 0 radical (unpaired) electrons. The summed E-state index contributed by atoms with van der Waals surface area (Å²) in [5.41, 5.74) is 0. The van der Waals surface area contributed by atoms with Crippen LogP contribution in [0.3, 0.4) is 0 Å². The first-order chi connectivity index (χ1) is 9.99. The molecule has 0 heterocycles. The molecule has 1 atom stereocenters. The number of rotatable bonds is 13. The molecule has 0 bridgehead atoms. The second-order valence-electron chi connectivity index (χ2n) is 5.73. The molecule has 5 heteroatoms. The summed E-state index contributed by atoms with van der Waals surface area (Å²) < 4.78 is 26.1. The Bertz CT molecular complexity index is 401. The van der Waals surface area contributed by atoms with E-state index in [1.807, 2.05) is 6.92 Å². The van der Waals surface area contributed by atoms with Crippen LogP contribution in [0, 0.1) is 11.3 Å². The van der Waals surface area contributed by atoms with E-state index in [1.165, 1.54) is 19.3 Å². The van der Waals surface area contributed by atoms with Gasteiger partial charge in [0.25, 0.3) is 0 Å². The van der Waals surface area contributed by atoms with Gasteiger partial charge < -0.3 is 0 Å². The first kappa shape index (κ1) is 20.4. The molecule has 0 saturated carbocycles. The van der Waals surface area contributed by atoms with Crippen LogP contribution in [0.25, 0.3) is 0 Å². The van der Waals surface area contributed by atoms with Crippen LogP contribution in [0.15, 0.2) is 0 Å². The Morgan fingerprint density at radius 3 is 1.95 bits per heavy atom. The molecule has 0 aliphatic heterocycles. The van der Waals surface area contributed by atoms with Crippen LogP contribution >= 0.6 is 0 Å². The lowest BCUT2D eigenvalue weighted by Crippen LogP contribution is -2.45. The first-order valence-electron chi connectivity index (χ1n) is 8.40. The van der Waals surface area contributed by atoms with Crippen LogP contribution < -0.4 is 4.72 Å². The molecule has 0 fully saturated rings. The molecule has 0 amide bonds. The van der Waals surface area contributed by atoms with E-state index in [9.17, 15) is 13.7 Å². The molecule has 4 nitrogen and oxygen atoms in total. The van der Waals surface area contributed by atoms with E-state index in [2.05, 4.69) is 17.7 Å². The van der Waals surface area contributed by atoms with Crippen molar-refractivity contribution in [2.24, 2.45) is 0 Å². The predicted octanol–water partition coefficient (Wildman–Crippen LogP) is 4.13. The van der Waals surface area contributed by atoms with E-state index in [4.69, 9.17) is 0 Å². The van der Waals surface area contributed by atoms with Crippen molar-refractivity contribution in [3.63, 3.8) is 0 Å². The van der Waals surface area contributed by atoms with Crippen molar-refractivity contribution >= 4 is 10.0 Å². The molecule has 0 aromatic heterocycles. The third-order valence-electron chi connectivity index (χ3n) is 3.92. The summed E-state index contributed by atoms with van der Waals surface area (Å²) in [6.45, 7) is 6.29. The van der Waals surface area contributed by atoms with Gasteiger partial charge in [-0.25, -0.2) is 13.1 Å². The van der Waals surface area contributed by atoms with Crippen molar-refractivity contribution in [1.29, 1.82) is 5.26 Å². The lowest BCUT2D eigenvalue weighted by Gasteiger charge is -2.26. The third-order valence-corrected chi connectivity index (χ3v) is 6.12. The number of unbranched alkanes of at least 4 members (excludes halogenated alkanes) is 6. The Balaban J connectivity index is 4.70. The number of hydrogen-bond donors (Lipinski definition) is 1. The zero-order valence-corrected chi connectivity index (χ0v) is 14.8. The smallest absolute Gasteiger partial charge is 0.214 e. The lowest BCUT2D eigenvalue weighted by molar-refractivity contribution is 0.471. The zero-order valence-electron chi connectivity index (χ0n) is 14.0. The van der Waals surface area contributed by atoms with E-state index in [0.717, 1.165) is 32.1 Å². The molecular formula is C16H32N2O2S. The normalized spacial score (nSPS) is 14.6. The molecule has 1 unspecified atom stereocenters. The average Bonchev–Trinajstić information content (AvgIpc) is 2.45. The monoisotopic (exact) mass is 316 g/mol. The van der Waals surface area contributed by atoms with Gasteiger partial charge >= 0.3 is 0 Å². The Morgan fingerprint density at radius 1 is 0.905 bits per heavy atom. The topological polar surface area (TPSA) is 70.0 Å². The Labute approximate surface area is 131 Å². The molecule has 0 aromatic rings. The number of nitrogens with one attached hydrogen (secondary N) is 1. The quantitative estimate of drug-likeness (QED) is 0.519. The Hall–Kier alpha value is -0.600. The zero-order chi connectivity index (χ0) is 16.2.